The summed E-state index contributed by atoms with van der Waals surface area (Å²) in [6.07, 6.45) is 0.431. The maximum Gasteiger partial charge on any atom is 0.227 e. The fourth-order valence-corrected chi connectivity index (χ4v) is 2.68. The SMILES string of the molecule is C[C@@H]1CN(C(=O)Cc2cccc(Cl)c2)C[C@H](C)N1. The third kappa shape index (κ3) is 3.47. The van der Waals surface area contributed by atoms with Crippen LogP contribution in [0.1, 0.15) is 19.4 Å². The van der Waals surface area contributed by atoms with Gasteiger partial charge in [0.05, 0.1) is 6.42 Å². The molecule has 4 heteroatoms. The van der Waals surface area contributed by atoms with Crippen molar-refractivity contribution in [1.29, 1.82) is 0 Å². The minimum absolute atomic E-state index is 0.178. The van der Waals surface area contributed by atoms with E-state index in [2.05, 4.69) is 19.2 Å². The molecule has 2 atom stereocenters. The Hall–Kier alpha value is -1.06. The fourth-order valence-electron chi connectivity index (χ4n) is 2.46. The number of piperazine rings is 1. The molecule has 0 saturated carbocycles. The summed E-state index contributed by atoms with van der Waals surface area (Å²) in [4.78, 5) is 14.2. The van der Waals surface area contributed by atoms with Crippen LogP contribution in [0.3, 0.4) is 0 Å². The highest BCUT2D eigenvalue weighted by molar-refractivity contribution is 6.30. The third-order valence-corrected chi connectivity index (χ3v) is 3.39. The first-order valence-electron chi connectivity index (χ1n) is 6.33. The monoisotopic (exact) mass is 266 g/mol. The van der Waals surface area contributed by atoms with Crippen molar-refractivity contribution in [3.05, 3.63) is 34.9 Å². The number of hydrogen-bond donors (Lipinski definition) is 1. The molecule has 98 valence electrons. The number of rotatable bonds is 2. The van der Waals surface area contributed by atoms with Crippen molar-refractivity contribution in [2.75, 3.05) is 13.1 Å². The second kappa shape index (κ2) is 5.72. The summed E-state index contributed by atoms with van der Waals surface area (Å²) >= 11 is 5.93. The first-order valence-corrected chi connectivity index (χ1v) is 6.70. The van der Waals surface area contributed by atoms with Crippen molar-refractivity contribution in [3.8, 4) is 0 Å². The quantitative estimate of drug-likeness (QED) is 0.889. The van der Waals surface area contributed by atoms with E-state index < -0.39 is 0 Å². The van der Waals surface area contributed by atoms with Gasteiger partial charge in [0.1, 0.15) is 0 Å². The van der Waals surface area contributed by atoms with Crippen molar-refractivity contribution < 1.29 is 4.79 Å². The van der Waals surface area contributed by atoms with Gasteiger partial charge in [-0.3, -0.25) is 4.79 Å². The van der Waals surface area contributed by atoms with E-state index in [1.807, 2.05) is 29.2 Å². The smallest absolute Gasteiger partial charge is 0.227 e. The molecule has 0 aromatic heterocycles. The van der Waals surface area contributed by atoms with Gasteiger partial charge in [-0.05, 0) is 31.5 Å². The average Bonchev–Trinajstić information content (AvgIpc) is 2.27. The average molecular weight is 267 g/mol. The van der Waals surface area contributed by atoms with Gasteiger partial charge >= 0.3 is 0 Å². The summed E-state index contributed by atoms with van der Waals surface area (Å²) < 4.78 is 0. The molecule has 3 nitrogen and oxygen atoms in total. The van der Waals surface area contributed by atoms with Gasteiger partial charge < -0.3 is 10.2 Å². The van der Waals surface area contributed by atoms with E-state index in [0.29, 0.717) is 23.5 Å². The number of halogens is 1. The Kier molecular flexibility index (Phi) is 4.25. The molecular weight excluding hydrogens is 248 g/mol. The van der Waals surface area contributed by atoms with E-state index in [0.717, 1.165) is 18.7 Å². The molecule has 0 unspecified atom stereocenters. The zero-order chi connectivity index (χ0) is 13.1. The molecular formula is C14H19ClN2O. The topological polar surface area (TPSA) is 32.3 Å². The van der Waals surface area contributed by atoms with Gasteiger partial charge in [-0.25, -0.2) is 0 Å². The Bertz CT molecular complexity index is 426. The first kappa shape index (κ1) is 13.4. The highest BCUT2D eigenvalue weighted by atomic mass is 35.5. The number of hydrogen-bond acceptors (Lipinski definition) is 2. The molecule has 1 N–H and O–H groups in total. The lowest BCUT2D eigenvalue weighted by Gasteiger charge is -2.36. The number of amides is 1. The molecule has 1 aliphatic rings. The summed E-state index contributed by atoms with van der Waals surface area (Å²) in [5.41, 5.74) is 0.978. The van der Waals surface area contributed by atoms with E-state index >= 15 is 0 Å². The minimum atomic E-state index is 0.178. The molecule has 1 aromatic rings. The molecule has 0 radical (unpaired) electrons. The molecule has 1 amide bonds. The Morgan fingerprint density at radius 1 is 1.39 bits per heavy atom. The predicted octanol–water partition coefficient (Wildman–Crippen LogP) is 2.09. The van der Waals surface area contributed by atoms with E-state index in [4.69, 9.17) is 11.6 Å². The van der Waals surface area contributed by atoms with E-state index in [-0.39, 0.29) is 5.91 Å². The second-order valence-corrected chi connectivity index (χ2v) is 5.51. The maximum absolute atomic E-state index is 12.2. The van der Waals surface area contributed by atoms with Crippen molar-refractivity contribution >= 4 is 17.5 Å². The van der Waals surface area contributed by atoms with Crippen molar-refractivity contribution in [1.82, 2.24) is 10.2 Å². The van der Waals surface area contributed by atoms with E-state index in [1.54, 1.807) is 0 Å². The maximum atomic E-state index is 12.2. The molecule has 18 heavy (non-hydrogen) atoms. The molecule has 0 aliphatic carbocycles. The van der Waals surface area contributed by atoms with Crippen molar-refractivity contribution in [2.24, 2.45) is 0 Å². The molecule has 1 aliphatic heterocycles. The summed E-state index contributed by atoms with van der Waals surface area (Å²) in [7, 11) is 0. The van der Waals surface area contributed by atoms with Gasteiger partial charge in [0.25, 0.3) is 0 Å². The van der Waals surface area contributed by atoms with Crippen LogP contribution >= 0.6 is 11.6 Å². The minimum Gasteiger partial charge on any atom is -0.339 e. The van der Waals surface area contributed by atoms with Crippen LogP contribution in [0.15, 0.2) is 24.3 Å². The zero-order valence-corrected chi connectivity index (χ0v) is 11.6. The largest absolute Gasteiger partial charge is 0.339 e. The number of nitrogens with zero attached hydrogens (tertiary/aromatic N) is 1. The van der Waals surface area contributed by atoms with Crippen LogP contribution in [0.5, 0.6) is 0 Å². The van der Waals surface area contributed by atoms with Gasteiger partial charge in [-0.2, -0.15) is 0 Å². The lowest BCUT2D eigenvalue weighted by Crippen LogP contribution is -2.56. The van der Waals surface area contributed by atoms with Gasteiger partial charge in [0.2, 0.25) is 5.91 Å². The van der Waals surface area contributed by atoms with Gasteiger partial charge in [0.15, 0.2) is 0 Å². The summed E-state index contributed by atoms with van der Waals surface area (Å²) in [5, 5.41) is 4.10. The van der Waals surface area contributed by atoms with E-state index in [9.17, 15) is 4.79 Å². The van der Waals surface area contributed by atoms with Crippen LogP contribution in [0.25, 0.3) is 0 Å². The van der Waals surface area contributed by atoms with Crippen LogP contribution in [0.4, 0.5) is 0 Å². The fraction of sp³-hybridized carbons (Fsp3) is 0.500. The lowest BCUT2D eigenvalue weighted by atomic mass is 10.1. The zero-order valence-electron chi connectivity index (χ0n) is 10.8. The number of carbonyl (C=O) groups is 1. The molecule has 1 fully saturated rings. The molecule has 1 heterocycles. The highest BCUT2D eigenvalue weighted by Crippen LogP contribution is 2.13. The Morgan fingerprint density at radius 2 is 2.06 bits per heavy atom. The normalized spacial score (nSPS) is 24.1. The number of nitrogens with one attached hydrogen (secondary N) is 1. The highest BCUT2D eigenvalue weighted by Gasteiger charge is 2.24. The Labute approximate surface area is 113 Å². The van der Waals surface area contributed by atoms with Crippen LogP contribution in [-0.2, 0) is 11.2 Å². The van der Waals surface area contributed by atoms with Crippen LogP contribution in [-0.4, -0.2) is 36.0 Å². The molecule has 1 saturated heterocycles. The molecule has 0 bridgehead atoms. The van der Waals surface area contributed by atoms with Crippen LogP contribution in [0.2, 0.25) is 5.02 Å². The predicted molar refractivity (Wildman–Crippen MR) is 73.8 cm³/mol. The van der Waals surface area contributed by atoms with Crippen molar-refractivity contribution in [2.45, 2.75) is 32.4 Å². The third-order valence-electron chi connectivity index (χ3n) is 3.15. The van der Waals surface area contributed by atoms with Crippen LogP contribution in [0, 0.1) is 0 Å². The Morgan fingerprint density at radius 3 is 2.67 bits per heavy atom. The van der Waals surface area contributed by atoms with Crippen molar-refractivity contribution in [3.63, 3.8) is 0 Å². The lowest BCUT2D eigenvalue weighted by molar-refractivity contribution is -0.132. The molecule has 0 spiro atoms. The number of carbonyl (C=O) groups excluding carboxylic acids is 1. The summed E-state index contributed by atoms with van der Waals surface area (Å²) in [6.45, 7) is 5.78. The van der Waals surface area contributed by atoms with Gasteiger partial charge in [-0.15, -0.1) is 0 Å². The van der Waals surface area contributed by atoms with Gasteiger partial charge in [-0.1, -0.05) is 23.7 Å². The number of benzene rings is 1. The summed E-state index contributed by atoms with van der Waals surface area (Å²) in [5.74, 6) is 0.178. The molecule has 1 aromatic carbocycles. The Balaban J connectivity index is 1.99. The van der Waals surface area contributed by atoms with Crippen LogP contribution < -0.4 is 5.32 Å². The summed E-state index contributed by atoms with van der Waals surface area (Å²) in [6, 6.07) is 8.22. The van der Waals surface area contributed by atoms with Gasteiger partial charge in [0, 0.05) is 30.2 Å². The van der Waals surface area contributed by atoms with E-state index in [1.165, 1.54) is 0 Å². The standard InChI is InChI=1S/C14H19ClN2O/c1-10-8-17(9-11(2)16-10)14(18)7-12-4-3-5-13(15)6-12/h3-6,10-11,16H,7-9H2,1-2H3/t10-,11+. The molecule has 2 rings (SSSR count). The second-order valence-electron chi connectivity index (χ2n) is 5.07. The first-order chi connectivity index (χ1) is 8.54.